The van der Waals surface area contributed by atoms with E-state index in [1.54, 1.807) is 0 Å². The van der Waals surface area contributed by atoms with Crippen molar-refractivity contribution in [1.82, 2.24) is 0 Å². The van der Waals surface area contributed by atoms with Crippen molar-refractivity contribution in [2.24, 2.45) is 0 Å². The minimum Gasteiger partial charge on any atom is -0.356 e. The minimum absolute atomic E-state index is 0.231. The van der Waals surface area contributed by atoms with Gasteiger partial charge in [-0.05, 0) is 12.1 Å². The second-order valence-corrected chi connectivity index (χ2v) is 14.6. The molecule has 0 aliphatic heterocycles. The third kappa shape index (κ3) is 5.39. The fourth-order valence-electron chi connectivity index (χ4n) is 4.63. The van der Waals surface area contributed by atoms with E-state index < -0.39 is 14.3 Å². The Morgan fingerprint density at radius 3 is 0.892 bits per heavy atom. The Morgan fingerprint density at radius 2 is 0.622 bits per heavy atom. The highest BCUT2D eigenvalue weighted by molar-refractivity contribution is 7.79. The summed E-state index contributed by atoms with van der Waals surface area (Å²) in [6, 6.07) is 48.5. The van der Waals surface area contributed by atoms with Gasteiger partial charge in [0.1, 0.15) is 0 Å². The van der Waals surface area contributed by atoms with E-state index in [-0.39, 0.29) is 12.6 Å². The number of nitrogens with zero attached hydrogens (tertiary/aromatic N) is 1. The number of para-hydroxylation sites is 1. The van der Waals surface area contributed by atoms with Gasteiger partial charge in [-0.15, -0.1) is 0 Å². The second kappa shape index (κ2) is 11.2. The van der Waals surface area contributed by atoms with Crippen molar-refractivity contribution in [1.29, 1.82) is 0 Å². The molecule has 184 valence electrons. The van der Waals surface area contributed by atoms with Crippen LogP contribution in [0.1, 0.15) is 0 Å². The molecule has 5 aromatic carbocycles. The molecule has 0 saturated heterocycles. The van der Waals surface area contributed by atoms with Crippen LogP contribution < -0.4 is 26.1 Å². The smallest absolute Gasteiger partial charge is 0.161 e. The Balaban J connectivity index is 1.65. The first kappa shape index (κ1) is 25.0. The number of rotatable bonds is 9. The van der Waals surface area contributed by atoms with Crippen LogP contribution in [0.25, 0.3) is 0 Å². The van der Waals surface area contributed by atoms with Crippen molar-refractivity contribution in [3.05, 3.63) is 152 Å². The molecule has 0 saturated carbocycles. The number of hydrogen-bond acceptors (Lipinski definition) is 3. The molecule has 0 fully saturated rings. The van der Waals surface area contributed by atoms with Crippen molar-refractivity contribution >= 4 is 41.2 Å². The van der Waals surface area contributed by atoms with Crippen molar-refractivity contribution < 1.29 is 9.13 Å². The van der Waals surface area contributed by atoms with Gasteiger partial charge in [0, 0.05) is 26.9 Å². The maximum Gasteiger partial charge on any atom is 0.161 e. The lowest BCUT2D eigenvalue weighted by Crippen LogP contribution is -2.35. The summed E-state index contributed by atoms with van der Waals surface area (Å²) >= 11 is 0. The average Bonchev–Trinajstić information content (AvgIpc) is 2.99. The number of anilines is 1. The first-order chi connectivity index (χ1) is 18.1. The Morgan fingerprint density at radius 1 is 0.378 bits per heavy atom. The Labute approximate surface area is 219 Å². The quantitative estimate of drug-likeness (QED) is 0.210. The van der Waals surface area contributed by atoms with E-state index in [0.29, 0.717) is 0 Å². The predicted molar refractivity (Wildman–Crippen MR) is 158 cm³/mol. The molecule has 37 heavy (non-hydrogen) atoms. The fraction of sp³-hybridized carbons (Fsp3) is 0.0625. The summed E-state index contributed by atoms with van der Waals surface area (Å²) in [6.07, 6.45) is 0.462. The molecule has 5 heteroatoms. The van der Waals surface area contributed by atoms with Crippen LogP contribution in [0, 0.1) is 0 Å². The van der Waals surface area contributed by atoms with Gasteiger partial charge in [0.2, 0.25) is 0 Å². The summed E-state index contributed by atoms with van der Waals surface area (Å²) < 4.78 is 30.1. The van der Waals surface area contributed by atoms with Gasteiger partial charge >= 0.3 is 0 Å². The van der Waals surface area contributed by atoms with Crippen molar-refractivity contribution in [2.75, 3.05) is 17.5 Å². The van der Waals surface area contributed by atoms with Gasteiger partial charge in [-0.25, -0.2) is 0 Å². The Hall–Kier alpha value is -3.64. The summed E-state index contributed by atoms with van der Waals surface area (Å²) in [4.78, 5) is 2.06. The summed E-state index contributed by atoms with van der Waals surface area (Å²) in [7, 11) is -6.22. The molecule has 0 bridgehead atoms. The largest absolute Gasteiger partial charge is 0.356 e. The molecule has 0 spiro atoms. The maximum absolute atomic E-state index is 15.0. The highest BCUT2D eigenvalue weighted by Gasteiger charge is 2.35. The molecule has 0 aliphatic carbocycles. The van der Waals surface area contributed by atoms with Crippen LogP contribution in [0.3, 0.4) is 0 Å². The molecule has 0 radical (unpaired) electrons. The highest BCUT2D eigenvalue weighted by Crippen LogP contribution is 2.49. The Kier molecular flexibility index (Phi) is 7.56. The summed E-state index contributed by atoms with van der Waals surface area (Å²) in [6.45, 7) is 0. The topological polar surface area (TPSA) is 37.4 Å². The van der Waals surface area contributed by atoms with Gasteiger partial charge in [-0.1, -0.05) is 140 Å². The van der Waals surface area contributed by atoms with E-state index in [4.69, 9.17) is 0 Å². The molecule has 0 amide bonds. The minimum atomic E-state index is -3.11. The standard InChI is InChI=1S/C32H29NO2P2/c34-36(29-18-8-2-9-19-29,30-20-10-3-11-21-30)26-33(28-16-6-1-7-17-28)27-37(35,31-22-12-4-13-23-31)32-24-14-5-15-25-32/h1-25H,26-27H2. The van der Waals surface area contributed by atoms with Crippen LogP contribution >= 0.6 is 14.3 Å². The fourth-order valence-corrected chi connectivity index (χ4v) is 10.1. The average molecular weight is 522 g/mol. The van der Waals surface area contributed by atoms with E-state index in [0.717, 1.165) is 26.9 Å². The molecule has 0 aliphatic rings. The normalized spacial score (nSPS) is 11.7. The number of hydrogen-bond donors (Lipinski definition) is 0. The van der Waals surface area contributed by atoms with Gasteiger partial charge in [0.25, 0.3) is 0 Å². The zero-order valence-corrected chi connectivity index (χ0v) is 22.3. The molecule has 0 atom stereocenters. The van der Waals surface area contributed by atoms with Gasteiger partial charge in [0.05, 0.1) is 12.6 Å². The molecule has 0 aromatic heterocycles. The van der Waals surface area contributed by atoms with Crippen LogP contribution in [0.2, 0.25) is 0 Å². The third-order valence-electron chi connectivity index (χ3n) is 6.55. The lowest BCUT2D eigenvalue weighted by molar-refractivity contribution is 0.583. The van der Waals surface area contributed by atoms with Crippen LogP contribution in [0.4, 0.5) is 5.69 Å². The Bertz CT molecular complexity index is 1320. The van der Waals surface area contributed by atoms with Crippen LogP contribution in [0.5, 0.6) is 0 Å². The van der Waals surface area contributed by atoms with Crippen molar-refractivity contribution in [2.45, 2.75) is 0 Å². The van der Waals surface area contributed by atoms with E-state index in [9.17, 15) is 0 Å². The monoisotopic (exact) mass is 521 g/mol. The van der Waals surface area contributed by atoms with Crippen molar-refractivity contribution in [3.8, 4) is 0 Å². The van der Waals surface area contributed by atoms with Crippen LogP contribution in [-0.2, 0) is 9.13 Å². The van der Waals surface area contributed by atoms with E-state index in [1.807, 2.05) is 152 Å². The van der Waals surface area contributed by atoms with E-state index >= 15 is 9.13 Å². The number of benzene rings is 5. The second-order valence-electron chi connectivity index (χ2n) is 8.98. The van der Waals surface area contributed by atoms with Gasteiger partial charge < -0.3 is 14.0 Å². The van der Waals surface area contributed by atoms with Crippen LogP contribution in [0.15, 0.2) is 152 Å². The third-order valence-corrected chi connectivity index (χ3v) is 12.6. The predicted octanol–water partition coefficient (Wildman–Crippen LogP) is 6.44. The van der Waals surface area contributed by atoms with Gasteiger partial charge in [0.15, 0.2) is 14.3 Å². The van der Waals surface area contributed by atoms with E-state index in [2.05, 4.69) is 4.90 Å². The van der Waals surface area contributed by atoms with Crippen molar-refractivity contribution in [3.63, 3.8) is 0 Å². The first-order valence-corrected chi connectivity index (χ1v) is 16.1. The lowest BCUT2D eigenvalue weighted by atomic mass is 10.3. The zero-order chi connectivity index (χ0) is 25.6. The van der Waals surface area contributed by atoms with Gasteiger partial charge in [-0.3, -0.25) is 0 Å². The van der Waals surface area contributed by atoms with Gasteiger partial charge in [-0.2, -0.15) is 0 Å². The van der Waals surface area contributed by atoms with E-state index in [1.165, 1.54) is 0 Å². The first-order valence-electron chi connectivity index (χ1n) is 12.3. The summed E-state index contributed by atoms with van der Waals surface area (Å²) in [5.74, 6) is 0. The highest BCUT2D eigenvalue weighted by atomic mass is 31.2. The molecule has 0 heterocycles. The molecule has 0 N–H and O–H groups in total. The molecule has 5 rings (SSSR count). The summed E-state index contributed by atoms with van der Waals surface area (Å²) in [5, 5.41) is 3.15. The molecular weight excluding hydrogens is 492 g/mol. The van der Waals surface area contributed by atoms with Crippen LogP contribution in [-0.4, -0.2) is 12.6 Å². The molecule has 5 aromatic rings. The SMILES string of the molecule is O=P(CN(CP(=O)(c1ccccc1)c1ccccc1)c1ccccc1)(c1ccccc1)c1ccccc1. The summed E-state index contributed by atoms with van der Waals surface area (Å²) in [5.41, 5.74) is 0.890. The maximum atomic E-state index is 15.0. The molecule has 3 nitrogen and oxygen atoms in total. The molecule has 0 unspecified atom stereocenters. The molecular formula is C32H29NO2P2. The zero-order valence-electron chi connectivity index (χ0n) is 20.5. The lowest BCUT2D eigenvalue weighted by Gasteiger charge is -2.33.